The summed E-state index contributed by atoms with van der Waals surface area (Å²) in [5, 5.41) is 7.11. The van der Waals surface area contributed by atoms with Gasteiger partial charge >= 0.3 is 12.1 Å². The van der Waals surface area contributed by atoms with Crippen molar-refractivity contribution in [2.24, 2.45) is 5.11 Å². The topological polar surface area (TPSA) is 243 Å². The number of azide groups is 1. The number of nitrogens with zero attached hydrogens (tertiary/aromatic N) is 3. The number of unbranched alkanes of at least 4 members (excludes halogenated alkanes) is 3. The van der Waals surface area contributed by atoms with Crippen LogP contribution in [0.5, 0.6) is 5.75 Å². The van der Waals surface area contributed by atoms with E-state index < -0.39 is 121 Å². The van der Waals surface area contributed by atoms with Crippen molar-refractivity contribution < 1.29 is 85.4 Å². The van der Waals surface area contributed by atoms with Crippen molar-refractivity contribution in [3.05, 3.63) is 220 Å². The second-order valence-corrected chi connectivity index (χ2v) is 26.7. The van der Waals surface area contributed by atoms with E-state index in [1.54, 1.807) is 7.11 Å². The van der Waals surface area contributed by atoms with Crippen LogP contribution in [0, 0.1) is 0 Å². The molecule has 0 aliphatic carbocycles. The molecule has 0 aromatic heterocycles. The highest BCUT2D eigenvalue weighted by Gasteiger charge is 2.58. The third-order valence-electron chi connectivity index (χ3n) is 16.6. The fraction of sp³-hybridized carbons (Fsp3) is 0.472. The Balaban J connectivity index is 1.07. The fourth-order valence-corrected chi connectivity index (χ4v) is 12.2. The van der Waals surface area contributed by atoms with Crippen LogP contribution >= 0.6 is 46.4 Å². The van der Waals surface area contributed by atoms with E-state index in [0.717, 1.165) is 52.6 Å². The molecule has 10 rings (SSSR count). The Hall–Kier alpha value is -6.19. The number of carbonyl (C=O) groups excluding carboxylic acids is 2. The number of halogens is 4. The molecule has 0 bridgehead atoms. The Morgan fingerprint density at radius 2 is 1.08 bits per heavy atom. The number of ether oxygens (including phenoxy) is 16. The van der Waals surface area contributed by atoms with Gasteiger partial charge in [0.05, 0.1) is 60.0 Å². The number of alkyl halides is 4. The number of hydrogen-bond acceptors (Lipinski definition) is 19. The van der Waals surface area contributed by atoms with E-state index >= 15 is 0 Å². The third kappa shape index (κ3) is 22.2. The number of benzene rings is 6. The molecule has 0 radical (unpaired) electrons. The number of carbonyl (C=O) groups is 2. The van der Waals surface area contributed by atoms with Crippen molar-refractivity contribution in [1.29, 1.82) is 0 Å². The monoisotopic (exact) mass is 1430 g/mol. The molecule has 0 saturated carbocycles. The van der Waals surface area contributed by atoms with Crippen molar-refractivity contribution in [2.75, 3.05) is 46.0 Å². The van der Waals surface area contributed by atoms with Crippen LogP contribution < -0.4 is 10.1 Å². The number of nitrogens with one attached hydrogen (secondary N) is 1. The van der Waals surface area contributed by atoms with Crippen LogP contribution in [0.25, 0.3) is 10.4 Å². The van der Waals surface area contributed by atoms with Gasteiger partial charge in [-0.1, -0.05) is 217 Å². The predicted molar refractivity (Wildman–Crippen MR) is 362 cm³/mol. The summed E-state index contributed by atoms with van der Waals surface area (Å²) in [5.74, 6) is 0.360. The molecule has 4 aliphatic heterocycles. The van der Waals surface area contributed by atoms with E-state index in [9.17, 15) is 15.1 Å². The number of rotatable bonds is 34. The van der Waals surface area contributed by atoms with E-state index in [4.69, 9.17) is 122 Å². The number of esters is 1. The highest BCUT2D eigenvalue weighted by Crippen LogP contribution is 2.41. The Morgan fingerprint density at radius 1 is 0.571 bits per heavy atom. The molecule has 16 atom stereocenters. The zero-order valence-corrected chi connectivity index (χ0v) is 57.3. The highest BCUT2D eigenvalue weighted by molar-refractivity contribution is 6.67. The van der Waals surface area contributed by atoms with Gasteiger partial charge in [0.15, 0.2) is 31.3 Å². The molecule has 6 aromatic carbocycles. The molecule has 1 N–H and O–H groups in total. The second-order valence-electron chi connectivity index (χ2n) is 23.8. The number of hydrogen-bond donors (Lipinski definition) is 1. The first-order valence-corrected chi connectivity index (χ1v) is 34.3. The molecule has 26 heteroatoms. The summed E-state index contributed by atoms with van der Waals surface area (Å²) in [6.07, 6.45) is -15.1. The maximum atomic E-state index is 14.5. The largest absolute Gasteiger partial charge is 0.497 e. The van der Waals surface area contributed by atoms with E-state index in [0.29, 0.717) is 18.1 Å². The lowest BCUT2D eigenvalue weighted by Crippen LogP contribution is -2.70. The van der Waals surface area contributed by atoms with Gasteiger partial charge in [-0.15, -0.1) is 11.6 Å². The molecule has 4 aliphatic rings. The molecule has 0 unspecified atom stereocenters. The van der Waals surface area contributed by atoms with E-state index in [1.165, 1.54) is 6.92 Å². The summed E-state index contributed by atoms with van der Waals surface area (Å²) in [7, 11) is 1.59. The second kappa shape index (κ2) is 38.6. The van der Waals surface area contributed by atoms with Crippen LogP contribution in [-0.2, 0) is 109 Å². The van der Waals surface area contributed by atoms with E-state index in [-0.39, 0.29) is 59.5 Å². The predicted octanol–water partition coefficient (Wildman–Crippen LogP) is 13.1. The van der Waals surface area contributed by atoms with Gasteiger partial charge in [-0.3, -0.25) is 4.79 Å². The molecular weight excluding hydrogens is 1350 g/mol. The van der Waals surface area contributed by atoms with Crippen LogP contribution in [0.3, 0.4) is 0 Å². The average Bonchev–Trinajstić information content (AvgIpc) is 0.760. The highest BCUT2D eigenvalue weighted by atomic mass is 35.6. The molecule has 526 valence electrons. The quantitative estimate of drug-likeness (QED) is 0.00985. The first kappa shape index (κ1) is 74.5. The number of amides is 1. The van der Waals surface area contributed by atoms with E-state index in [2.05, 4.69) is 15.3 Å². The minimum Gasteiger partial charge on any atom is -0.497 e. The van der Waals surface area contributed by atoms with Crippen molar-refractivity contribution in [2.45, 2.75) is 168 Å². The molecular formula is C72H82Cl4N4O18. The summed E-state index contributed by atoms with van der Waals surface area (Å²) in [6.45, 7) is 0.544. The molecule has 6 aromatic rings. The van der Waals surface area contributed by atoms with Crippen molar-refractivity contribution in [3.63, 3.8) is 0 Å². The SMILES string of the molecule is COc1ccc(CO[C@@H]2[C@H](OCc3ccccc3)[C@H](O[C@H]3[C@H](OC(C)=O)[C@@H](NC(=O)OCC(Cl)(Cl)Cl)[C@H](O[C@H]4[C@H](OCc5ccccc5)[C@@H](N=[N+]=[N-])[C@H](OCCCCCCCl)O[C@@H]4COCc4ccccc4)O[C@@H]3COCc3ccccc3)O[C@@H]3CO[C@@H](c4ccccc4)O[C@@H]23)cc1. The Kier molecular flexibility index (Phi) is 29.3. The average molecular weight is 1430 g/mol. The summed E-state index contributed by atoms with van der Waals surface area (Å²) < 4.78 is 105. The first-order chi connectivity index (χ1) is 47.8. The zero-order valence-electron chi connectivity index (χ0n) is 54.3. The van der Waals surface area contributed by atoms with Crippen LogP contribution in [0.15, 0.2) is 181 Å². The van der Waals surface area contributed by atoms with Crippen LogP contribution in [0.1, 0.15) is 72.3 Å². The molecule has 4 saturated heterocycles. The Labute approximate surface area is 590 Å². The van der Waals surface area contributed by atoms with Crippen LogP contribution in [0.2, 0.25) is 0 Å². The standard InChI is InChI=1S/C72H82Cl4N4O18/c1-47(81)92-64-58(78-71(82)91-46-72(74,75)76)69(97-60-55(43-84-38-48-22-10-5-11-23-48)93-68(86-37-21-4-3-20-36-73)59(79-80-77)63(60)87-40-50-26-14-7-15-27-50)94-56(44-85-39-49-24-12-6-13-25-49)61(64)98-70-66(89-41-51-28-16-8-17-29-51)65(88-42-52-32-34-54(83-2)35-33-52)62-57(95-70)45-90-67(96-62)53-30-18-9-19-31-53/h5-19,22-35,55-70H,3-4,20-21,36-46H2,1-2H3,(H,78,82)/t55-,56-,57-,58-,59-,60-,61-,62-,63-,64-,65+,66+,67-,68-,69+,70+/m1/s1. The number of alkyl carbamates (subject to hydrolysis) is 1. The smallest absolute Gasteiger partial charge is 0.407 e. The zero-order chi connectivity index (χ0) is 68.5. The summed E-state index contributed by atoms with van der Waals surface area (Å²) in [5.41, 5.74) is 15.2. The lowest BCUT2D eigenvalue weighted by atomic mass is 9.93. The van der Waals surface area contributed by atoms with Gasteiger partial charge in [0.25, 0.3) is 0 Å². The minimum absolute atomic E-state index is 0.00428. The van der Waals surface area contributed by atoms with Gasteiger partial charge in [0, 0.05) is 29.9 Å². The van der Waals surface area contributed by atoms with Crippen molar-refractivity contribution in [3.8, 4) is 5.75 Å². The molecule has 4 fully saturated rings. The lowest BCUT2D eigenvalue weighted by Gasteiger charge is -2.52. The van der Waals surface area contributed by atoms with Crippen LogP contribution in [0.4, 0.5) is 4.79 Å². The molecule has 22 nitrogen and oxygen atoms in total. The maximum Gasteiger partial charge on any atom is 0.407 e. The van der Waals surface area contributed by atoms with Gasteiger partial charge < -0.3 is 81.1 Å². The van der Waals surface area contributed by atoms with Gasteiger partial charge in [-0.25, -0.2) is 4.79 Å². The molecule has 98 heavy (non-hydrogen) atoms. The van der Waals surface area contributed by atoms with Crippen molar-refractivity contribution >= 4 is 58.5 Å². The summed E-state index contributed by atoms with van der Waals surface area (Å²) >= 11 is 24.6. The maximum absolute atomic E-state index is 14.5. The van der Waals surface area contributed by atoms with Crippen LogP contribution in [-0.4, -0.2) is 154 Å². The summed E-state index contributed by atoms with van der Waals surface area (Å²) in [4.78, 5) is 31.9. The number of methoxy groups -OCH3 is 1. The molecule has 4 heterocycles. The Morgan fingerprint density at radius 3 is 1.63 bits per heavy atom. The first-order valence-electron chi connectivity index (χ1n) is 32.6. The summed E-state index contributed by atoms with van der Waals surface area (Å²) in [6, 6.07) is 51.9. The van der Waals surface area contributed by atoms with Gasteiger partial charge in [-0.2, -0.15) is 0 Å². The molecule has 1 amide bonds. The number of fused-ring (bicyclic) bond motifs is 1. The fourth-order valence-electron chi connectivity index (χ4n) is 11.9. The normalized spacial score (nSPS) is 27.0. The van der Waals surface area contributed by atoms with E-state index in [1.807, 2.05) is 176 Å². The third-order valence-corrected chi connectivity index (χ3v) is 17.2. The van der Waals surface area contributed by atoms with Gasteiger partial charge in [-0.05, 0) is 58.3 Å². The minimum atomic E-state index is -2.07. The lowest BCUT2D eigenvalue weighted by molar-refractivity contribution is -0.393. The molecule has 0 spiro atoms. The van der Waals surface area contributed by atoms with Gasteiger partial charge in [0.2, 0.25) is 3.79 Å². The van der Waals surface area contributed by atoms with Crippen molar-refractivity contribution in [1.82, 2.24) is 5.32 Å². The Bertz CT molecular complexity index is 3360. The van der Waals surface area contributed by atoms with Gasteiger partial charge in [0.1, 0.15) is 79.4 Å².